The van der Waals surface area contributed by atoms with Crippen molar-refractivity contribution in [2.45, 2.75) is 12.8 Å². The molecule has 7 nitrogen and oxygen atoms in total. The molecule has 1 unspecified atom stereocenters. The van der Waals surface area contributed by atoms with Gasteiger partial charge in [-0.2, -0.15) is 10.1 Å². The van der Waals surface area contributed by atoms with Gasteiger partial charge in [0.25, 0.3) is 11.5 Å². The van der Waals surface area contributed by atoms with Crippen LogP contribution in [-0.4, -0.2) is 21.0 Å². The fourth-order valence-electron chi connectivity index (χ4n) is 2.82. The summed E-state index contributed by atoms with van der Waals surface area (Å²) >= 11 is 1.28. The molecule has 24 heavy (non-hydrogen) atoms. The van der Waals surface area contributed by atoms with Gasteiger partial charge in [0.2, 0.25) is 0 Å². The summed E-state index contributed by atoms with van der Waals surface area (Å²) in [5.74, 6) is -0.633. The number of thiazole rings is 1. The van der Waals surface area contributed by atoms with Gasteiger partial charge in [0.15, 0.2) is 4.96 Å². The first-order valence-corrected chi connectivity index (χ1v) is 8.15. The summed E-state index contributed by atoms with van der Waals surface area (Å²) in [6.45, 7) is 1.78. The molecule has 1 aromatic carbocycles. The van der Waals surface area contributed by atoms with E-state index in [0.29, 0.717) is 22.1 Å². The average molecular weight is 339 g/mol. The van der Waals surface area contributed by atoms with Crippen LogP contribution in [0.3, 0.4) is 0 Å². The number of nitrogens with two attached hydrogens (primary N) is 1. The van der Waals surface area contributed by atoms with Crippen molar-refractivity contribution in [3.63, 3.8) is 0 Å². The van der Waals surface area contributed by atoms with E-state index in [9.17, 15) is 9.59 Å². The predicted molar refractivity (Wildman–Crippen MR) is 93.5 cm³/mol. The maximum atomic E-state index is 12.9. The molecule has 1 aliphatic heterocycles. The summed E-state index contributed by atoms with van der Waals surface area (Å²) in [6.07, 6.45) is 0. The Morgan fingerprint density at radius 2 is 1.96 bits per heavy atom. The summed E-state index contributed by atoms with van der Waals surface area (Å²) in [7, 11) is 0. The molecule has 2 aromatic heterocycles. The van der Waals surface area contributed by atoms with Gasteiger partial charge < -0.3 is 5.73 Å². The second kappa shape index (κ2) is 5.27. The monoisotopic (exact) mass is 339 g/mol. The third-order valence-corrected chi connectivity index (χ3v) is 4.72. The van der Waals surface area contributed by atoms with Crippen molar-refractivity contribution in [3.05, 3.63) is 57.8 Å². The van der Waals surface area contributed by atoms with E-state index in [-0.39, 0.29) is 17.3 Å². The number of aromatic nitrogens is 2. The number of rotatable bonds is 2. The van der Waals surface area contributed by atoms with Gasteiger partial charge in [-0.05, 0) is 19.1 Å². The van der Waals surface area contributed by atoms with E-state index in [1.165, 1.54) is 26.8 Å². The smallest absolute Gasteiger partial charge is 0.262 e. The zero-order valence-electron chi connectivity index (χ0n) is 12.7. The van der Waals surface area contributed by atoms with Crippen LogP contribution in [0.1, 0.15) is 18.5 Å². The number of benzene rings is 1. The zero-order valence-corrected chi connectivity index (χ0v) is 13.5. The zero-order chi connectivity index (χ0) is 16.8. The maximum Gasteiger partial charge on any atom is 0.262 e. The predicted octanol–water partition coefficient (Wildman–Crippen LogP) is 1.84. The van der Waals surface area contributed by atoms with E-state index in [0.717, 1.165) is 0 Å². The third kappa shape index (κ3) is 2.11. The molecule has 1 aliphatic rings. The Kier molecular flexibility index (Phi) is 3.20. The summed E-state index contributed by atoms with van der Waals surface area (Å²) < 4.78 is 1.43. The molecule has 0 bridgehead atoms. The molecule has 8 heteroatoms. The van der Waals surface area contributed by atoms with Crippen LogP contribution in [0.5, 0.6) is 0 Å². The molecule has 120 valence electrons. The number of hydrazone groups is 1. The molecule has 0 saturated carbocycles. The van der Waals surface area contributed by atoms with Crippen LogP contribution in [0.4, 0.5) is 11.5 Å². The van der Waals surface area contributed by atoms with E-state index in [2.05, 4.69) is 10.1 Å². The maximum absolute atomic E-state index is 12.9. The molecule has 0 spiro atoms. The Bertz CT molecular complexity index is 1040. The van der Waals surface area contributed by atoms with Gasteiger partial charge >= 0.3 is 0 Å². The van der Waals surface area contributed by atoms with Gasteiger partial charge in [0, 0.05) is 11.4 Å². The summed E-state index contributed by atoms with van der Waals surface area (Å²) in [5.41, 5.74) is 7.22. The van der Waals surface area contributed by atoms with Crippen molar-refractivity contribution in [3.8, 4) is 0 Å². The van der Waals surface area contributed by atoms with Crippen LogP contribution in [-0.2, 0) is 4.79 Å². The van der Waals surface area contributed by atoms with Gasteiger partial charge in [-0.25, -0.2) is 4.98 Å². The first kappa shape index (κ1) is 14.6. The molecule has 4 rings (SSSR count). The van der Waals surface area contributed by atoms with Crippen LogP contribution < -0.4 is 16.3 Å². The van der Waals surface area contributed by atoms with Crippen LogP contribution in [0, 0.1) is 0 Å². The number of carbonyl (C=O) groups excluding carboxylic acids is 1. The highest BCUT2D eigenvalue weighted by atomic mass is 32.1. The molecule has 1 atom stereocenters. The number of anilines is 2. The van der Waals surface area contributed by atoms with Crippen molar-refractivity contribution in [1.29, 1.82) is 0 Å². The van der Waals surface area contributed by atoms with E-state index >= 15 is 0 Å². The van der Waals surface area contributed by atoms with E-state index in [4.69, 9.17) is 5.73 Å². The normalized spacial score (nSPS) is 17.5. The summed E-state index contributed by atoms with van der Waals surface area (Å²) in [5, 5.41) is 7.51. The highest BCUT2D eigenvalue weighted by Gasteiger charge is 2.37. The Labute approximate surface area is 140 Å². The molecule has 1 amide bonds. The minimum atomic E-state index is -0.609. The lowest BCUT2D eigenvalue weighted by molar-refractivity contribution is -0.118. The lowest BCUT2D eigenvalue weighted by atomic mass is 10.0. The number of nitrogen functional groups attached to an aromatic ring is 1. The van der Waals surface area contributed by atoms with Crippen molar-refractivity contribution < 1.29 is 4.79 Å². The first-order chi connectivity index (χ1) is 11.6. The number of hydrogen-bond acceptors (Lipinski definition) is 6. The standard InChI is InChI=1S/C16H13N5O2S/c1-9-14(15(23)21(19-9)10-5-3-2-4-6-10)11-8-24-16-18-12(17)7-13(22)20(11)16/h2-8,14H,17H2,1H3. The highest BCUT2D eigenvalue weighted by molar-refractivity contribution is 7.15. The van der Waals surface area contributed by atoms with Crippen LogP contribution in [0.15, 0.2) is 51.7 Å². The molecule has 2 N–H and O–H groups in total. The Hall–Kier alpha value is -3.00. The molecule has 0 aliphatic carbocycles. The lowest BCUT2D eigenvalue weighted by Crippen LogP contribution is -2.28. The van der Waals surface area contributed by atoms with Crippen molar-refractivity contribution in [2.24, 2.45) is 5.10 Å². The van der Waals surface area contributed by atoms with E-state index in [1.807, 2.05) is 30.3 Å². The quantitative estimate of drug-likeness (QED) is 0.771. The van der Waals surface area contributed by atoms with Crippen LogP contribution >= 0.6 is 11.3 Å². The average Bonchev–Trinajstić information content (AvgIpc) is 3.09. The third-order valence-electron chi connectivity index (χ3n) is 3.88. The second-order valence-electron chi connectivity index (χ2n) is 5.46. The van der Waals surface area contributed by atoms with Gasteiger partial charge in [-0.3, -0.25) is 14.0 Å². The highest BCUT2D eigenvalue weighted by Crippen LogP contribution is 2.31. The Morgan fingerprint density at radius 3 is 2.71 bits per heavy atom. The fourth-order valence-corrected chi connectivity index (χ4v) is 3.74. The van der Waals surface area contributed by atoms with Crippen LogP contribution in [0.2, 0.25) is 0 Å². The minimum absolute atomic E-state index is 0.169. The van der Waals surface area contributed by atoms with Gasteiger partial charge in [-0.1, -0.05) is 18.2 Å². The molecule has 0 saturated heterocycles. The number of amides is 1. The van der Waals surface area contributed by atoms with Gasteiger partial charge in [-0.15, -0.1) is 11.3 Å². The first-order valence-electron chi connectivity index (χ1n) is 7.27. The van der Waals surface area contributed by atoms with Crippen molar-refractivity contribution >= 4 is 39.4 Å². The van der Waals surface area contributed by atoms with Gasteiger partial charge in [0.1, 0.15) is 11.7 Å². The van der Waals surface area contributed by atoms with Gasteiger partial charge in [0.05, 0.1) is 17.1 Å². The largest absolute Gasteiger partial charge is 0.383 e. The number of carbonyl (C=O) groups is 1. The lowest BCUT2D eigenvalue weighted by Gasteiger charge is -2.14. The van der Waals surface area contributed by atoms with Crippen molar-refractivity contribution in [1.82, 2.24) is 9.38 Å². The number of nitrogens with zero attached hydrogens (tertiary/aromatic N) is 4. The molecule has 3 aromatic rings. The van der Waals surface area contributed by atoms with E-state index in [1.54, 1.807) is 12.3 Å². The van der Waals surface area contributed by atoms with E-state index < -0.39 is 5.92 Å². The Balaban J connectivity index is 1.83. The molecular formula is C16H13N5O2S. The minimum Gasteiger partial charge on any atom is -0.383 e. The Morgan fingerprint density at radius 1 is 1.21 bits per heavy atom. The summed E-state index contributed by atoms with van der Waals surface area (Å²) in [6, 6.07) is 10.5. The SMILES string of the molecule is CC1=NN(c2ccccc2)C(=O)C1c1csc2nc(N)cc(=O)n12. The van der Waals surface area contributed by atoms with Crippen molar-refractivity contribution in [2.75, 3.05) is 10.7 Å². The van der Waals surface area contributed by atoms with Crippen LogP contribution in [0.25, 0.3) is 4.96 Å². The number of para-hydroxylation sites is 1. The molecule has 3 heterocycles. The second-order valence-corrected chi connectivity index (χ2v) is 6.29. The number of hydrogen-bond donors (Lipinski definition) is 1. The summed E-state index contributed by atoms with van der Waals surface area (Å²) in [4.78, 5) is 29.8. The number of fused-ring (bicyclic) bond motifs is 1. The molecule has 0 radical (unpaired) electrons. The fraction of sp³-hybridized carbons (Fsp3) is 0.125. The molecule has 0 fully saturated rings. The molecular weight excluding hydrogens is 326 g/mol. The topological polar surface area (TPSA) is 93.1 Å².